The number of amides is 4. The van der Waals surface area contributed by atoms with Gasteiger partial charge in [0, 0.05) is 39.3 Å². The van der Waals surface area contributed by atoms with Gasteiger partial charge in [0.25, 0.3) is 0 Å². The van der Waals surface area contributed by atoms with Crippen molar-refractivity contribution in [1.29, 1.82) is 0 Å². The molecule has 0 aromatic rings. The van der Waals surface area contributed by atoms with Crippen LogP contribution >= 0.6 is 11.8 Å². The molecule has 0 radical (unpaired) electrons. The summed E-state index contributed by atoms with van der Waals surface area (Å²) >= 11 is 1.33. The fourth-order valence-corrected chi connectivity index (χ4v) is 3.75. The van der Waals surface area contributed by atoms with Gasteiger partial charge in [0.2, 0.25) is 11.8 Å². The van der Waals surface area contributed by atoms with Gasteiger partial charge in [-0.25, -0.2) is 4.79 Å². The zero-order chi connectivity index (χ0) is 17.4. The van der Waals surface area contributed by atoms with Crippen LogP contribution in [-0.4, -0.2) is 78.4 Å². The van der Waals surface area contributed by atoms with Crippen LogP contribution in [0.25, 0.3) is 0 Å². The zero-order valence-electron chi connectivity index (χ0n) is 14.4. The summed E-state index contributed by atoms with van der Waals surface area (Å²) in [6.45, 7) is 2.52. The average molecular weight is 356 g/mol. The molecule has 0 aromatic heterocycles. The van der Waals surface area contributed by atoms with E-state index in [4.69, 9.17) is 0 Å². The summed E-state index contributed by atoms with van der Waals surface area (Å²) in [5.74, 6) is 0.513. The van der Waals surface area contributed by atoms with Crippen LogP contribution in [0.4, 0.5) is 4.79 Å². The molecule has 0 aromatic carbocycles. The summed E-state index contributed by atoms with van der Waals surface area (Å²) < 4.78 is 0. The normalized spacial score (nSPS) is 18.8. The summed E-state index contributed by atoms with van der Waals surface area (Å²) in [4.78, 5) is 38.9. The first kappa shape index (κ1) is 18.9. The lowest BCUT2D eigenvalue weighted by atomic mass is 10.2. The Hall–Kier alpha value is -1.44. The number of carbonyl (C=O) groups is 3. The van der Waals surface area contributed by atoms with Crippen molar-refractivity contribution in [2.45, 2.75) is 38.1 Å². The van der Waals surface area contributed by atoms with Crippen LogP contribution in [0.2, 0.25) is 0 Å². The number of hydrogen-bond acceptors (Lipinski definition) is 4. The largest absolute Gasteiger partial charge is 0.354 e. The van der Waals surface area contributed by atoms with E-state index in [1.165, 1.54) is 24.6 Å². The van der Waals surface area contributed by atoms with Crippen LogP contribution in [0.3, 0.4) is 0 Å². The fraction of sp³-hybridized carbons (Fsp3) is 0.812. The van der Waals surface area contributed by atoms with Crippen molar-refractivity contribution in [3.8, 4) is 0 Å². The van der Waals surface area contributed by atoms with Gasteiger partial charge in [-0.3, -0.25) is 9.59 Å². The van der Waals surface area contributed by atoms with Crippen molar-refractivity contribution in [1.82, 2.24) is 20.4 Å². The maximum absolute atomic E-state index is 11.9. The van der Waals surface area contributed by atoms with Gasteiger partial charge >= 0.3 is 6.03 Å². The average Bonchev–Trinajstić information content (AvgIpc) is 3.04. The van der Waals surface area contributed by atoms with E-state index in [0.29, 0.717) is 24.9 Å². The highest BCUT2D eigenvalue weighted by Crippen LogP contribution is 2.17. The first-order valence-corrected chi connectivity index (χ1v) is 9.85. The number of thioether (sulfide) groups is 1. The minimum Gasteiger partial charge on any atom is -0.354 e. The van der Waals surface area contributed by atoms with Crippen LogP contribution in [0, 0.1) is 0 Å². The Bertz CT molecular complexity index is 455. The molecule has 7 nitrogen and oxygen atoms in total. The molecule has 1 heterocycles. The van der Waals surface area contributed by atoms with E-state index in [1.807, 2.05) is 0 Å². The number of nitrogens with zero attached hydrogens (tertiary/aromatic N) is 2. The second-order valence-electron chi connectivity index (χ2n) is 6.44. The lowest BCUT2D eigenvalue weighted by molar-refractivity contribution is -0.119. The Morgan fingerprint density at radius 2 is 1.83 bits per heavy atom. The zero-order valence-corrected chi connectivity index (χ0v) is 15.2. The van der Waals surface area contributed by atoms with E-state index in [2.05, 4.69) is 10.6 Å². The third-order valence-corrected chi connectivity index (χ3v) is 5.34. The summed E-state index contributed by atoms with van der Waals surface area (Å²) in [5, 5.41) is 5.82. The molecule has 2 fully saturated rings. The van der Waals surface area contributed by atoms with Crippen molar-refractivity contribution in [2.75, 3.05) is 44.7 Å². The standard InChI is InChI=1S/C16H28N4O3S/c1-19-8-4-9-20(16(19)23)10-7-17-14(21)11-24-12-15(22)18-13-5-2-3-6-13/h13H,2-12H2,1H3,(H,17,21)(H,18,22). The second-order valence-corrected chi connectivity index (χ2v) is 7.42. The molecule has 24 heavy (non-hydrogen) atoms. The molecule has 0 bridgehead atoms. The van der Waals surface area contributed by atoms with Crippen molar-refractivity contribution in [3.63, 3.8) is 0 Å². The Balaban J connectivity index is 1.51. The topological polar surface area (TPSA) is 81.8 Å². The van der Waals surface area contributed by atoms with Crippen LogP contribution in [0.5, 0.6) is 0 Å². The van der Waals surface area contributed by atoms with Gasteiger partial charge in [-0.15, -0.1) is 11.8 Å². The third kappa shape index (κ3) is 6.22. The van der Waals surface area contributed by atoms with E-state index in [9.17, 15) is 14.4 Å². The highest BCUT2D eigenvalue weighted by molar-refractivity contribution is 8.00. The van der Waals surface area contributed by atoms with Crippen molar-refractivity contribution in [3.05, 3.63) is 0 Å². The molecule has 0 spiro atoms. The Morgan fingerprint density at radius 3 is 2.58 bits per heavy atom. The Labute approximate surface area is 147 Å². The lowest BCUT2D eigenvalue weighted by Gasteiger charge is -2.33. The van der Waals surface area contributed by atoms with Crippen LogP contribution in [-0.2, 0) is 9.59 Å². The molecule has 1 aliphatic carbocycles. The van der Waals surface area contributed by atoms with E-state index < -0.39 is 0 Å². The molecule has 1 aliphatic heterocycles. The molecule has 1 saturated carbocycles. The van der Waals surface area contributed by atoms with Crippen LogP contribution < -0.4 is 10.6 Å². The molecule has 0 unspecified atom stereocenters. The van der Waals surface area contributed by atoms with Crippen molar-refractivity contribution < 1.29 is 14.4 Å². The maximum atomic E-state index is 11.9. The number of urea groups is 1. The number of hydrogen-bond donors (Lipinski definition) is 2. The maximum Gasteiger partial charge on any atom is 0.319 e. The Morgan fingerprint density at radius 1 is 1.12 bits per heavy atom. The first-order chi connectivity index (χ1) is 11.6. The Kier molecular flexibility index (Phi) is 7.68. The quantitative estimate of drug-likeness (QED) is 0.669. The number of rotatable bonds is 8. The van der Waals surface area contributed by atoms with E-state index >= 15 is 0 Å². The summed E-state index contributed by atoms with van der Waals surface area (Å²) in [6, 6.07) is 0.348. The predicted octanol–water partition coefficient (Wildman–Crippen LogP) is 0.652. The summed E-state index contributed by atoms with van der Waals surface area (Å²) in [5.41, 5.74) is 0. The highest BCUT2D eigenvalue weighted by atomic mass is 32.2. The molecular weight excluding hydrogens is 328 g/mol. The summed E-state index contributed by atoms with van der Waals surface area (Å²) in [7, 11) is 1.79. The predicted molar refractivity (Wildman–Crippen MR) is 94.9 cm³/mol. The third-order valence-electron chi connectivity index (χ3n) is 4.41. The molecule has 8 heteroatoms. The molecule has 2 aliphatic rings. The van der Waals surface area contributed by atoms with Gasteiger partial charge in [-0.05, 0) is 19.3 Å². The fourth-order valence-electron chi connectivity index (χ4n) is 3.10. The highest BCUT2D eigenvalue weighted by Gasteiger charge is 2.22. The van der Waals surface area contributed by atoms with Gasteiger partial charge in [0.15, 0.2) is 0 Å². The smallest absolute Gasteiger partial charge is 0.319 e. The van der Waals surface area contributed by atoms with Gasteiger partial charge in [-0.1, -0.05) is 12.8 Å². The van der Waals surface area contributed by atoms with Crippen molar-refractivity contribution >= 4 is 29.6 Å². The molecular formula is C16H28N4O3S. The number of nitrogens with one attached hydrogen (secondary N) is 2. The van der Waals surface area contributed by atoms with Crippen LogP contribution in [0.1, 0.15) is 32.1 Å². The van der Waals surface area contributed by atoms with Crippen LogP contribution in [0.15, 0.2) is 0 Å². The van der Waals surface area contributed by atoms with E-state index in [-0.39, 0.29) is 23.6 Å². The first-order valence-electron chi connectivity index (χ1n) is 8.70. The lowest BCUT2D eigenvalue weighted by Crippen LogP contribution is -2.49. The monoisotopic (exact) mass is 356 g/mol. The van der Waals surface area contributed by atoms with Gasteiger partial charge in [-0.2, -0.15) is 0 Å². The molecule has 0 atom stereocenters. The minimum atomic E-state index is -0.0912. The van der Waals surface area contributed by atoms with E-state index in [1.54, 1.807) is 16.8 Å². The minimum absolute atomic E-state index is 0.0154. The molecule has 2 N–H and O–H groups in total. The van der Waals surface area contributed by atoms with Gasteiger partial charge in [0.1, 0.15) is 0 Å². The molecule has 2 rings (SSSR count). The van der Waals surface area contributed by atoms with Gasteiger partial charge in [0.05, 0.1) is 11.5 Å². The molecule has 4 amide bonds. The van der Waals surface area contributed by atoms with E-state index in [0.717, 1.165) is 32.4 Å². The number of carbonyl (C=O) groups excluding carboxylic acids is 3. The molecule has 1 saturated heterocycles. The van der Waals surface area contributed by atoms with Crippen molar-refractivity contribution in [2.24, 2.45) is 0 Å². The summed E-state index contributed by atoms with van der Waals surface area (Å²) in [6.07, 6.45) is 5.48. The molecule has 136 valence electrons. The SMILES string of the molecule is CN1CCCN(CCNC(=O)CSCC(=O)NC2CCCC2)C1=O. The van der Waals surface area contributed by atoms with Gasteiger partial charge < -0.3 is 20.4 Å². The second kappa shape index (κ2) is 9.76.